The van der Waals surface area contributed by atoms with Gasteiger partial charge >= 0.3 is 0 Å². The molecule has 0 radical (unpaired) electrons. The van der Waals surface area contributed by atoms with E-state index in [1.54, 1.807) is 12.1 Å². The fourth-order valence-electron chi connectivity index (χ4n) is 2.70. The molecule has 3 rings (SSSR count). The highest BCUT2D eigenvalue weighted by Crippen LogP contribution is 2.24. The summed E-state index contributed by atoms with van der Waals surface area (Å²) in [6.45, 7) is 3.15. The molecule has 2 aromatic rings. The van der Waals surface area contributed by atoms with Crippen LogP contribution in [0.15, 0.2) is 35.7 Å². The number of nitrogens with zero attached hydrogens (tertiary/aromatic N) is 1. The van der Waals surface area contributed by atoms with Gasteiger partial charge in [-0.15, -0.1) is 11.3 Å². The third-order valence-electron chi connectivity index (χ3n) is 3.94. The summed E-state index contributed by atoms with van der Waals surface area (Å²) in [6, 6.07) is 8.74. The first-order valence-electron chi connectivity index (χ1n) is 7.01. The molecular weight excluding hydrogens is 271 g/mol. The van der Waals surface area contributed by atoms with Crippen molar-refractivity contribution in [1.29, 1.82) is 0 Å². The molecule has 1 atom stereocenters. The lowest BCUT2D eigenvalue weighted by atomic mass is 10.0. The maximum atomic E-state index is 12.9. The van der Waals surface area contributed by atoms with Gasteiger partial charge in [0.15, 0.2) is 0 Å². The first-order valence-corrected chi connectivity index (χ1v) is 7.89. The predicted molar refractivity (Wildman–Crippen MR) is 81.2 cm³/mol. The van der Waals surface area contributed by atoms with Crippen molar-refractivity contribution < 1.29 is 4.39 Å². The average molecular weight is 290 g/mol. The molecule has 20 heavy (non-hydrogen) atoms. The van der Waals surface area contributed by atoms with Gasteiger partial charge in [0.25, 0.3) is 0 Å². The second kappa shape index (κ2) is 6.04. The fraction of sp³-hybridized carbons (Fsp3) is 0.375. The van der Waals surface area contributed by atoms with Gasteiger partial charge in [0.1, 0.15) is 5.82 Å². The van der Waals surface area contributed by atoms with Crippen molar-refractivity contribution in [3.63, 3.8) is 0 Å². The molecule has 0 bridgehead atoms. The van der Waals surface area contributed by atoms with Crippen LogP contribution in [-0.4, -0.2) is 18.0 Å². The van der Waals surface area contributed by atoms with Crippen molar-refractivity contribution in [1.82, 2.24) is 4.90 Å². The Balaban J connectivity index is 1.54. The number of thiophene rings is 1. The van der Waals surface area contributed by atoms with Gasteiger partial charge in [-0.05, 0) is 47.5 Å². The highest BCUT2D eigenvalue weighted by molar-refractivity contribution is 7.10. The van der Waals surface area contributed by atoms with Gasteiger partial charge in [-0.25, -0.2) is 4.39 Å². The van der Waals surface area contributed by atoms with Gasteiger partial charge in [0.05, 0.1) is 0 Å². The Morgan fingerprint density at radius 1 is 1.25 bits per heavy atom. The number of rotatable bonds is 4. The number of fused-ring (bicyclic) bond motifs is 1. The largest absolute Gasteiger partial charge is 0.324 e. The highest BCUT2D eigenvalue weighted by Gasteiger charge is 2.17. The number of benzene rings is 1. The molecule has 0 aliphatic carbocycles. The fourth-order valence-corrected chi connectivity index (χ4v) is 3.59. The number of nitrogens with two attached hydrogens (primary N) is 1. The van der Waals surface area contributed by atoms with E-state index in [0.717, 1.165) is 38.0 Å². The number of halogens is 1. The topological polar surface area (TPSA) is 29.3 Å². The van der Waals surface area contributed by atoms with Gasteiger partial charge in [0, 0.05) is 30.6 Å². The van der Waals surface area contributed by atoms with Crippen molar-refractivity contribution in [2.75, 3.05) is 13.1 Å². The van der Waals surface area contributed by atoms with E-state index in [1.807, 2.05) is 11.3 Å². The first-order chi connectivity index (χ1) is 9.72. The van der Waals surface area contributed by atoms with Crippen molar-refractivity contribution >= 4 is 11.3 Å². The van der Waals surface area contributed by atoms with Crippen LogP contribution in [0.4, 0.5) is 4.39 Å². The second-order valence-corrected chi connectivity index (χ2v) is 6.34. The van der Waals surface area contributed by atoms with Crippen LogP contribution in [-0.2, 0) is 13.0 Å². The normalized spacial score (nSPS) is 16.9. The molecule has 1 aliphatic heterocycles. The highest BCUT2D eigenvalue weighted by atomic mass is 32.1. The summed E-state index contributed by atoms with van der Waals surface area (Å²) in [4.78, 5) is 3.99. The molecule has 1 aliphatic rings. The summed E-state index contributed by atoms with van der Waals surface area (Å²) in [5.41, 5.74) is 8.67. The Labute approximate surface area is 123 Å². The van der Waals surface area contributed by atoms with E-state index in [-0.39, 0.29) is 11.9 Å². The van der Waals surface area contributed by atoms with E-state index >= 15 is 0 Å². The standard InChI is InChI=1S/C16H19FN2S/c17-14-3-1-12(2-4-14)15(18)5-8-19-9-6-16-13(11-19)7-10-20-16/h1-4,7,10,15H,5-6,8-9,11,18H2. The maximum Gasteiger partial charge on any atom is 0.123 e. The molecule has 2 heterocycles. The zero-order chi connectivity index (χ0) is 13.9. The molecule has 1 unspecified atom stereocenters. The van der Waals surface area contributed by atoms with Crippen molar-refractivity contribution in [2.45, 2.75) is 25.4 Å². The van der Waals surface area contributed by atoms with E-state index < -0.39 is 0 Å². The lowest BCUT2D eigenvalue weighted by molar-refractivity contribution is 0.246. The smallest absolute Gasteiger partial charge is 0.123 e. The zero-order valence-electron chi connectivity index (χ0n) is 11.4. The number of hydrogen-bond acceptors (Lipinski definition) is 3. The minimum atomic E-state index is -0.207. The molecule has 0 spiro atoms. The predicted octanol–water partition coefficient (Wildman–Crippen LogP) is 3.34. The Morgan fingerprint density at radius 3 is 2.85 bits per heavy atom. The van der Waals surface area contributed by atoms with Crippen LogP contribution in [0.25, 0.3) is 0 Å². The summed E-state index contributed by atoms with van der Waals surface area (Å²) in [6.07, 6.45) is 2.06. The molecule has 106 valence electrons. The molecule has 1 aromatic heterocycles. The quantitative estimate of drug-likeness (QED) is 0.936. The second-order valence-electron chi connectivity index (χ2n) is 5.34. The maximum absolute atomic E-state index is 12.9. The Morgan fingerprint density at radius 2 is 2.05 bits per heavy atom. The summed E-state index contributed by atoms with van der Waals surface area (Å²) < 4.78 is 12.9. The number of hydrogen-bond donors (Lipinski definition) is 1. The summed E-state index contributed by atoms with van der Waals surface area (Å²) in [5.74, 6) is -0.207. The molecular formula is C16H19FN2S. The molecule has 0 amide bonds. The van der Waals surface area contributed by atoms with Crippen LogP contribution in [0.2, 0.25) is 0 Å². The van der Waals surface area contributed by atoms with E-state index in [1.165, 1.54) is 22.6 Å². The SMILES string of the molecule is NC(CCN1CCc2sccc2C1)c1ccc(F)cc1. The van der Waals surface area contributed by atoms with Gasteiger partial charge < -0.3 is 5.73 Å². The molecule has 0 saturated heterocycles. The van der Waals surface area contributed by atoms with Gasteiger partial charge in [-0.2, -0.15) is 0 Å². The first kappa shape index (κ1) is 13.7. The van der Waals surface area contributed by atoms with Crippen molar-refractivity contribution in [3.8, 4) is 0 Å². The van der Waals surface area contributed by atoms with Crippen molar-refractivity contribution in [2.24, 2.45) is 5.73 Å². The van der Waals surface area contributed by atoms with E-state index in [4.69, 9.17) is 5.73 Å². The lowest BCUT2D eigenvalue weighted by Gasteiger charge is -2.27. The summed E-state index contributed by atoms with van der Waals surface area (Å²) in [5, 5.41) is 2.18. The van der Waals surface area contributed by atoms with Gasteiger partial charge in [0.2, 0.25) is 0 Å². The Bertz CT molecular complexity index is 564. The molecule has 0 fully saturated rings. The molecule has 0 saturated carbocycles. The van der Waals surface area contributed by atoms with Crippen LogP contribution >= 0.6 is 11.3 Å². The third-order valence-corrected chi connectivity index (χ3v) is 4.96. The lowest BCUT2D eigenvalue weighted by Crippen LogP contribution is -2.32. The van der Waals surface area contributed by atoms with Gasteiger partial charge in [-0.1, -0.05) is 12.1 Å². The Hall–Kier alpha value is -1.23. The van der Waals surface area contributed by atoms with E-state index in [9.17, 15) is 4.39 Å². The van der Waals surface area contributed by atoms with E-state index in [2.05, 4.69) is 16.3 Å². The van der Waals surface area contributed by atoms with Crippen LogP contribution in [0.1, 0.15) is 28.5 Å². The van der Waals surface area contributed by atoms with Crippen molar-refractivity contribution in [3.05, 3.63) is 57.5 Å². The van der Waals surface area contributed by atoms with Crippen LogP contribution in [0.5, 0.6) is 0 Å². The molecule has 4 heteroatoms. The summed E-state index contributed by atoms with van der Waals surface area (Å²) in [7, 11) is 0. The Kier molecular flexibility index (Phi) is 4.15. The van der Waals surface area contributed by atoms with Gasteiger partial charge in [-0.3, -0.25) is 4.90 Å². The molecule has 2 nitrogen and oxygen atoms in total. The minimum Gasteiger partial charge on any atom is -0.324 e. The third kappa shape index (κ3) is 3.08. The molecule has 1 aromatic carbocycles. The average Bonchev–Trinajstić information content (AvgIpc) is 2.93. The monoisotopic (exact) mass is 290 g/mol. The zero-order valence-corrected chi connectivity index (χ0v) is 12.2. The van der Waals surface area contributed by atoms with Crippen LogP contribution < -0.4 is 5.73 Å². The van der Waals surface area contributed by atoms with E-state index in [0.29, 0.717) is 0 Å². The minimum absolute atomic E-state index is 0.0144. The summed E-state index contributed by atoms with van der Waals surface area (Å²) >= 11 is 1.86. The van der Waals surface area contributed by atoms with Crippen LogP contribution in [0.3, 0.4) is 0 Å². The van der Waals surface area contributed by atoms with Crippen LogP contribution in [0, 0.1) is 5.82 Å². The molecule has 2 N–H and O–H groups in total.